The topological polar surface area (TPSA) is 34.1 Å². The normalized spacial score (nSPS) is 12.3. The van der Waals surface area contributed by atoms with Gasteiger partial charge in [-0.05, 0) is 11.1 Å². The van der Waals surface area contributed by atoms with Crippen molar-refractivity contribution < 1.29 is 35.9 Å². The molecule has 0 aliphatic rings. The van der Waals surface area contributed by atoms with Gasteiger partial charge < -0.3 is 0 Å². The Bertz CT molecular complexity index is 504. The number of benzene rings is 1. The van der Waals surface area contributed by atoms with E-state index in [1.807, 2.05) is 0 Å². The highest BCUT2D eigenvalue weighted by Crippen LogP contribution is 2.30. The lowest BCUT2D eigenvalue weighted by Crippen LogP contribution is -2.19. The quantitative estimate of drug-likeness (QED) is 0.747. The van der Waals surface area contributed by atoms with E-state index in [9.17, 15) is 35.9 Å². The van der Waals surface area contributed by atoms with Crippen LogP contribution >= 0.6 is 23.5 Å². The van der Waals surface area contributed by atoms with Crippen LogP contribution in [0.5, 0.6) is 0 Å². The summed E-state index contributed by atoms with van der Waals surface area (Å²) in [4.78, 5) is 21.6. The van der Waals surface area contributed by atoms with Gasteiger partial charge in [-0.15, -0.1) is 0 Å². The van der Waals surface area contributed by atoms with Crippen LogP contribution in [0, 0.1) is 0 Å². The van der Waals surface area contributed by atoms with Crippen molar-refractivity contribution >= 4 is 33.8 Å². The van der Waals surface area contributed by atoms with Gasteiger partial charge in [-0.1, -0.05) is 47.8 Å². The van der Waals surface area contributed by atoms with Crippen molar-refractivity contribution in [3.05, 3.63) is 35.4 Å². The number of carbonyl (C=O) groups excluding carboxylic acids is 2. The summed E-state index contributed by atoms with van der Waals surface area (Å²) in [5.41, 5.74) is 0.542. The minimum Gasteiger partial charge on any atom is -0.277 e. The Morgan fingerprint density at radius 1 is 0.773 bits per heavy atom. The predicted molar refractivity (Wildman–Crippen MR) is 71.2 cm³/mol. The van der Waals surface area contributed by atoms with Gasteiger partial charge in [0.25, 0.3) is 10.2 Å². The Kier molecular flexibility index (Phi) is 6.36. The number of rotatable bonds is 4. The molecule has 0 aromatic heterocycles. The Morgan fingerprint density at radius 3 is 1.36 bits per heavy atom. The van der Waals surface area contributed by atoms with E-state index in [4.69, 9.17) is 0 Å². The maximum atomic E-state index is 12.1. The van der Waals surface area contributed by atoms with E-state index in [-0.39, 0.29) is 46.2 Å². The lowest BCUT2D eigenvalue weighted by Gasteiger charge is -2.10. The SMILES string of the molecule is O=C(SCc1ccccc1CSC(=O)C(F)(F)F)C(F)(F)F. The van der Waals surface area contributed by atoms with Crippen LogP contribution in [0.15, 0.2) is 24.3 Å². The first-order valence-corrected chi connectivity index (χ1v) is 7.53. The van der Waals surface area contributed by atoms with Crippen molar-refractivity contribution in [2.45, 2.75) is 23.9 Å². The third-order valence-electron chi connectivity index (χ3n) is 2.30. The number of halogens is 6. The second kappa shape index (κ2) is 7.40. The number of thioether (sulfide) groups is 2. The van der Waals surface area contributed by atoms with E-state index in [0.29, 0.717) is 0 Å². The molecule has 10 heteroatoms. The van der Waals surface area contributed by atoms with Crippen molar-refractivity contribution in [1.82, 2.24) is 0 Å². The molecule has 0 fully saturated rings. The molecule has 0 unspecified atom stereocenters. The molecule has 1 aromatic rings. The lowest BCUT2D eigenvalue weighted by molar-refractivity contribution is -0.160. The van der Waals surface area contributed by atoms with Gasteiger partial charge >= 0.3 is 12.4 Å². The highest BCUT2D eigenvalue weighted by Gasteiger charge is 2.39. The van der Waals surface area contributed by atoms with Gasteiger partial charge in [-0.3, -0.25) is 9.59 Å². The second-order valence-corrected chi connectivity index (χ2v) is 5.81. The third-order valence-corrected chi connectivity index (χ3v) is 4.20. The summed E-state index contributed by atoms with van der Waals surface area (Å²) in [5.74, 6) is -0.676. The Balaban J connectivity index is 2.70. The van der Waals surface area contributed by atoms with Crippen molar-refractivity contribution in [2.75, 3.05) is 0 Å². The summed E-state index contributed by atoms with van der Waals surface area (Å²) >= 11 is 0.0202. The molecule has 0 radical (unpaired) electrons. The molecular weight excluding hydrogens is 354 g/mol. The summed E-state index contributed by atoms with van der Waals surface area (Å²) in [6, 6.07) is 5.75. The van der Waals surface area contributed by atoms with E-state index in [2.05, 4.69) is 0 Å². The molecule has 0 saturated carbocycles. The Labute approximate surface area is 129 Å². The molecule has 0 N–H and O–H groups in total. The summed E-state index contributed by atoms with van der Waals surface area (Å²) in [7, 11) is 0. The standard InChI is InChI=1S/C12H8F6O2S2/c13-11(14,15)9(19)21-5-7-3-1-2-4-8(7)6-22-10(20)12(16,17)18/h1-4H,5-6H2. The van der Waals surface area contributed by atoms with Crippen LogP contribution in [0.1, 0.15) is 11.1 Å². The fourth-order valence-corrected chi connectivity index (χ4v) is 2.75. The summed E-state index contributed by atoms with van der Waals surface area (Å²) < 4.78 is 72.6. The molecule has 1 rings (SSSR count). The first-order chi connectivity index (χ1) is 10.0. The molecule has 0 heterocycles. The molecule has 0 aliphatic carbocycles. The molecule has 1 aromatic carbocycles. The smallest absolute Gasteiger partial charge is 0.277 e. The zero-order chi connectivity index (χ0) is 17.0. The van der Waals surface area contributed by atoms with E-state index in [1.165, 1.54) is 24.3 Å². The predicted octanol–water partition coefficient (Wildman–Crippen LogP) is 4.33. The summed E-state index contributed by atoms with van der Waals surface area (Å²) in [6.07, 6.45) is -9.94. The largest absolute Gasteiger partial charge is 0.460 e. The highest BCUT2D eigenvalue weighted by molar-refractivity contribution is 8.13. The van der Waals surface area contributed by atoms with Crippen LogP contribution in [0.4, 0.5) is 26.3 Å². The van der Waals surface area contributed by atoms with Gasteiger partial charge in [0.1, 0.15) is 0 Å². The van der Waals surface area contributed by atoms with Crippen molar-refractivity contribution in [3.8, 4) is 0 Å². The number of carbonyl (C=O) groups is 2. The van der Waals surface area contributed by atoms with Crippen LogP contribution in [-0.4, -0.2) is 22.6 Å². The van der Waals surface area contributed by atoms with Crippen LogP contribution in [-0.2, 0) is 21.1 Å². The first-order valence-electron chi connectivity index (χ1n) is 5.56. The molecule has 0 atom stereocenters. The fourth-order valence-electron chi connectivity index (χ4n) is 1.29. The van der Waals surface area contributed by atoms with Gasteiger partial charge in [0.2, 0.25) is 0 Å². The number of hydrogen-bond donors (Lipinski definition) is 0. The van der Waals surface area contributed by atoms with Crippen LogP contribution in [0.2, 0.25) is 0 Å². The minimum absolute atomic E-state index is 0.0101. The zero-order valence-corrected chi connectivity index (χ0v) is 12.3. The van der Waals surface area contributed by atoms with E-state index in [0.717, 1.165) is 0 Å². The summed E-state index contributed by atoms with van der Waals surface area (Å²) in [5, 5.41) is -3.97. The maximum Gasteiger partial charge on any atom is 0.460 e. The van der Waals surface area contributed by atoms with E-state index < -0.39 is 22.6 Å². The molecular formula is C12H8F6O2S2. The molecule has 0 amide bonds. The maximum absolute atomic E-state index is 12.1. The molecule has 0 spiro atoms. The van der Waals surface area contributed by atoms with Gasteiger partial charge in [0, 0.05) is 11.5 Å². The second-order valence-electron chi connectivity index (χ2n) is 3.92. The average molecular weight is 362 g/mol. The van der Waals surface area contributed by atoms with Crippen molar-refractivity contribution in [1.29, 1.82) is 0 Å². The Hall–Kier alpha value is -1.16. The first kappa shape index (κ1) is 18.9. The van der Waals surface area contributed by atoms with Gasteiger partial charge in [-0.2, -0.15) is 26.3 Å². The van der Waals surface area contributed by atoms with E-state index in [1.54, 1.807) is 0 Å². The lowest BCUT2D eigenvalue weighted by atomic mass is 10.1. The van der Waals surface area contributed by atoms with Crippen molar-refractivity contribution in [2.24, 2.45) is 0 Å². The van der Waals surface area contributed by atoms with Crippen LogP contribution < -0.4 is 0 Å². The van der Waals surface area contributed by atoms with Gasteiger partial charge in [0.05, 0.1) is 0 Å². The van der Waals surface area contributed by atoms with Crippen molar-refractivity contribution in [3.63, 3.8) is 0 Å². The van der Waals surface area contributed by atoms with Crippen LogP contribution in [0.3, 0.4) is 0 Å². The average Bonchev–Trinajstić information content (AvgIpc) is 2.40. The molecule has 0 saturated heterocycles. The minimum atomic E-state index is -4.97. The highest BCUT2D eigenvalue weighted by atomic mass is 32.2. The molecule has 22 heavy (non-hydrogen) atoms. The van der Waals surface area contributed by atoms with Gasteiger partial charge in [0.15, 0.2) is 0 Å². The molecule has 122 valence electrons. The van der Waals surface area contributed by atoms with Gasteiger partial charge in [-0.25, -0.2) is 0 Å². The number of alkyl halides is 6. The molecule has 2 nitrogen and oxygen atoms in total. The number of hydrogen-bond acceptors (Lipinski definition) is 4. The van der Waals surface area contributed by atoms with E-state index >= 15 is 0 Å². The monoisotopic (exact) mass is 362 g/mol. The molecule has 0 aliphatic heterocycles. The van der Waals surface area contributed by atoms with Crippen LogP contribution in [0.25, 0.3) is 0 Å². The fraction of sp³-hybridized carbons (Fsp3) is 0.333. The third kappa shape index (κ3) is 5.91. The molecule has 0 bridgehead atoms. The summed E-state index contributed by atoms with van der Waals surface area (Å²) in [6.45, 7) is 0. The zero-order valence-electron chi connectivity index (χ0n) is 10.6. The Morgan fingerprint density at radius 2 is 1.09 bits per heavy atom.